The average molecular weight is 291 g/mol. The molecule has 0 aliphatic carbocycles. The van der Waals surface area contributed by atoms with E-state index in [1.807, 2.05) is 23.1 Å². The zero-order valence-electron chi connectivity index (χ0n) is 11.3. The third-order valence-corrected chi connectivity index (χ3v) is 4.69. The summed E-state index contributed by atoms with van der Waals surface area (Å²) in [6.45, 7) is 3.14. The minimum absolute atomic E-state index is 0.0316. The van der Waals surface area contributed by atoms with Crippen LogP contribution >= 0.6 is 11.3 Å². The number of nitrogens with one attached hydrogen (secondary N) is 1. The number of hydrogen-bond donors (Lipinski definition) is 2. The predicted molar refractivity (Wildman–Crippen MR) is 81.6 cm³/mol. The molecule has 6 heteroatoms. The summed E-state index contributed by atoms with van der Waals surface area (Å²) >= 11 is 1.44. The molecule has 0 bridgehead atoms. The Morgan fingerprint density at radius 1 is 1.40 bits per heavy atom. The topological polar surface area (TPSA) is 67.6 Å². The number of carbonyl (C=O) groups excluding carboxylic acids is 1. The van der Waals surface area contributed by atoms with Gasteiger partial charge in [0.15, 0.2) is 0 Å². The molecule has 3 N–H and O–H groups in total. The molecule has 1 aromatic heterocycles. The Bertz CT molecular complexity index is 647. The monoisotopic (exact) mass is 291 g/mol. The van der Waals surface area contributed by atoms with Crippen molar-refractivity contribution in [3.8, 4) is 5.75 Å². The van der Waals surface area contributed by atoms with E-state index in [9.17, 15) is 4.79 Å². The fourth-order valence-corrected chi connectivity index (χ4v) is 3.51. The molecule has 106 valence electrons. The smallest absolute Gasteiger partial charge is 0.266 e. The summed E-state index contributed by atoms with van der Waals surface area (Å²) in [4.78, 5) is 15.0. The average Bonchev–Trinajstić information content (AvgIpc) is 2.84. The lowest BCUT2D eigenvalue weighted by atomic mass is 10.2. The molecule has 0 saturated carbocycles. The van der Waals surface area contributed by atoms with Gasteiger partial charge in [-0.15, -0.1) is 11.3 Å². The van der Waals surface area contributed by atoms with E-state index in [1.54, 1.807) is 7.11 Å². The summed E-state index contributed by atoms with van der Waals surface area (Å²) in [7, 11) is 1.63. The van der Waals surface area contributed by atoms with Crippen LogP contribution in [0.15, 0.2) is 18.2 Å². The van der Waals surface area contributed by atoms with Crippen LogP contribution in [0.2, 0.25) is 0 Å². The summed E-state index contributed by atoms with van der Waals surface area (Å²) in [6, 6.07) is 5.70. The summed E-state index contributed by atoms with van der Waals surface area (Å²) in [5.41, 5.74) is 6.72. The predicted octanol–water partition coefficient (Wildman–Crippen LogP) is 1.54. The van der Waals surface area contributed by atoms with Gasteiger partial charge in [-0.1, -0.05) is 0 Å². The molecule has 1 aliphatic heterocycles. The van der Waals surface area contributed by atoms with Crippen molar-refractivity contribution in [1.29, 1.82) is 0 Å². The molecule has 5 nitrogen and oxygen atoms in total. The molecule has 1 aromatic carbocycles. The molecule has 0 atom stereocenters. The van der Waals surface area contributed by atoms with Crippen molar-refractivity contribution in [2.75, 3.05) is 39.0 Å². The maximum Gasteiger partial charge on any atom is 0.266 e. The zero-order valence-corrected chi connectivity index (χ0v) is 12.1. The van der Waals surface area contributed by atoms with E-state index in [2.05, 4.69) is 5.32 Å². The summed E-state index contributed by atoms with van der Waals surface area (Å²) in [5, 5.41) is 4.16. The van der Waals surface area contributed by atoms with Gasteiger partial charge in [0.05, 0.1) is 12.8 Å². The highest BCUT2D eigenvalue weighted by Gasteiger charge is 2.23. The van der Waals surface area contributed by atoms with Crippen LogP contribution in [0.1, 0.15) is 9.67 Å². The van der Waals surface area contributed by atoms with Crippen LogP contribution in [-0.2, 0) is 0 Å². The highest BCUT2D eigenvalue weighted by molar-refractivity contribution is 7.21. The first-order chi connectivity index (χ1) is 9.70. The molecule has 2 heterocycles. The number of thiophene rings is 1. The third-order valence-electron chi connectivity index (χ3n) is 3.53. The molecule has 1 amide bonds. The number of anilines is 1. The maximum atomic E-state index is 12.5. The molecular weight excluding hydrogens is 274 g/mol. The Morgan fingerprint density at radius 3 is 2.85 bits per heavy atom. The van der Waals surface area contributed by atoms with Gasteiger partial charge in [-0.3, -0.25) is 4.79 Å². The number of piperazine rings is 1. The minimum atomic E-state index is 0.0316. The molecular formula is C14H17N3O2S. The number of nitrogen functional groups attached to an aromatic ring is 1. The fraction of sp³-hybridized carbons (Fsp3) is 0.357. The van der Waals surface area contributed by atoms with Crippen molar-refractivity contribution in [1.82, 2.24) is 10.2 Å². The number of ether oxygens (including phenoxy) is 1. The standard InChI is InChI=1S/C14H17N3O2S/c1-19-9-2-3-10-11(8-9)20-13(12(10)15)14(18)17-6-4-16-5-7-17/h2-3,8,16H,4-7,15H2,1H3. The van der Waals surface area contributed by atoms with Crippen LogP contribution < -0.4 is 15.8 Å². The second-order valence-electron chi connectivity index (χ2n) is 4.75. The third kappa shape index (κ3) is 2.21. The van der Waals surface area contributed by atoms with Crippen molar-refractivity contribution >= 4 is 33.0 Å². The molecule has 2 aromatic rings. The summed E-state index contributed by atoms with van der Waals surface area (Å²) in [6.07, 6.45) is 0. The molecule has 3 rings (SSSR count). The largest absolute Gasteiger partial charge is 0.497 e. The minimum Gasteiger partial charge on any atom is -0.497 e. The lowest BCUT2D eigenvalue weighted by Gasteiger charge is -2.27. The first-order valence-electron chi connectivity index (χ1n) is 6.56. The number of benzene rings is 1. The maximum absolute atomic E-state index is 12.5. The second kappa shape index (κ2) is 5.30. The van der Waals surface area contributed by atoms with E-state index < -0.39 is 0 Å². The van der Waals surface area contributed by atoms with E-state index in [0.29, 0.717) is 10.6 Å². The zero-order chi connectivity index (χ0) is 14.1. The SMILES string of the molecule is COc1ccc2c(N)c(C(=O)N3CCNCC3)sc2c1. The highest BCUT2D eigenvalue weighted by atomic mass is 32.1. The number of amides is 1. The van der Waals surface area contributed by atoms with Crippen molar-refractivity contribution in [3.05, 3.63) is 23.1 Å². The number of rotatable bonds is 2. The molecule has 0 unspecified atom stereocenters. The van der Waals surface area contributed by atoms with E-state index in [0.717, 1.165) is 42.0 Å². The summed E-state index contributed by atoms with van der Waals surface area (Å²) < 4.78 is 6.20. The Balaban J connectivity index is 1.98. The van der Waals surface area contributed by atoms with Crippen molar-refractivity contribution in [2.24, 2.45) is 0 Å². The Kier molecular flexibility index (Phi) is 3.50. The van der Waals surface area contributed by atoms with Crippen LogP contribution in [0.3, 0.4) is 0 Å². The second-order valence-corrected chi connectivity index (χ2v) is 5.80. The Morgan fingerprint density at radius 2 is 2.15 bits per heavy atom. The van der Waals surface area contributed by atoms with Crippen molar-refractivity contribution < 1.29 is 9.53 Å². The lowest BCUT2D eigenvalue weighted by molar-refractivity contribution is 0.0741. The van der Waals surface area contributed by atoms with Gasteiger partial charge in [0.1, 0.15) is 10.6 Å². The normalized spacial score (nSPS) is 15.6. The first kappa shape index (κ1) is 13.2. The van der Waals surface area contributed by atoms with Crippen LogP contribution in [0.5, 0.6) is 5.75 Å². The quantitative estimate of drug-likeness (QED) is 0.880. The molecule has 1 fully saturated rings. The Hall–Kier alpha value is -1.79. The van der Waals surface area contributed by atoms with Gasteiger partial charge in [0, 0.05) is 36.3 Å². The van der Waals surface area contributed by atoms with Gasteiger partial charge in [0.25, 0.3) is 5.91 Å². The van der Waals surface area contributed by atoms with Crippen molar-refractivity contribution in [2.45, 2.75) is 0 Å². The van der Waals surface area contributed by atoms with Gasteiger partial charge in [-0.05, 0) is 18.2 Å². The number of hydrogen-bond acceptors (Lipinski definition) is 5. The summed E-state index contributed by atoms with van der Waals surface area (Å²) in [5.74, 6) is 0.809. The number of fused-ring (bicyclic) bond motifs is 1. The van der Waals surface area contributed by atoms with E-state index >= 15 is 0 Å². The van der Waals surface area contributed by atoms with Crippen LogP contribution in [0, 0.1) is 0 Å². The van der Waals surface area contributed by atoms with Gasteiger partial charge in [-0.2, -0.15) is 0 Å². The highest BCUT2D eigenvalue weighted by Crippen LogP contribution is 2.36. The first-order valence-corrected chi connectivity index (χ1v) is 7.38. The van der Waals surface area contributed by atoms with Gasteiger partial charge in [0.2, 0.25) is 0 Å². The van der Waals surface area contributed by atoms with E-state index in [1.165, 1.54) is 11.3 Å². The molecule has 20 heavy (non-hydrogen) atoms. The molecule has 0 spiro atoms. The van der Waals surface area contributed by atoms with Crippen LogP contribution in [0.4, 0.5) is 5.69 Å². The van der Waals surface area contributed by atoms with Crippen molar-refractivity contribution in [3.63, 3.8) is 0 Å². The van der Waals surface area contributed by atoms with Crippen LogP contribution in [-0.4, -0.2) is 44.1 Å². The molecule has 1 aliphatic rings. The number of methoxy groups -OCH3 is 1. The molecule has 1 saturated heterocycles. The fourth-order valence-electron chi connectivity index (χ4n) is 2.39. The lowest BCUT2D eigenvalue weighted by Crippen LogP contribution is -2.46. The number of nitrogens with two attached hydrogens (primary N) is 1. The Labute approximate surface area is 121 Å². The van der Waals surface area contributed by atoms with Crippen LogP contribution in [0.25, 0.3) is 10.1 Å². The van der Waals surface area contributed by atoms with E-state index in [4.69, 9.17) is 10.5 Å². The van der Waals surface area contributed by atoms with Gasteiger partial charge >= 0.3 is 0 Å². The van der Waals surface area contributed by atoms with Gasteiger partial charge < -0.3 is 20.7 Å². The number of nitrogens with zero attached hydrogens (tertiary/aromatic N) is 1. The van der Waals surface area contributed by atoms with Gasteiger partial charge in [-0.25, -0.2) is 0 Å². The van der Waals surface area contributed by atoms with E-state index in [-0.39, 0.29) is 5.91 Å². The number of carbonyl (C=O) groups is 1. The molecule has 0 radical (unpaired) electrons.